The molecule has 0 aromatic carbocycles. The van der Waals surface area contributed by atoms with Gasteiger partial charge in [-0.1, -0.05) is 292 Å². The fourth-order valence-electron chi connectivity index (χ4n) is 9.24. The quantitative estimate of drug-likeness (QED) is 0.0272. The molecule has 0 bridgehead atoms. The Morgan fingerprint density at radius 2 is 0.813 bits per heavy atom. The molecule has 0 fully saturated rings. The van der Waals surface area contributed by atoms with Gasteiger partial charge in [0.2, 0.25) is 5.91 Å². The van der Waals surface area contributed by atoms with Crippen molar-refractivity contribution in [2.45, 2.75) is 302 Å². The number of hydrogen-bond donors (Lipinski definition) is 2. The standard InChI is InChI=1S/C66H123N2O6P/c1-6-8-10-12-14-16-18-20-22-24-26-28-30-32-34-36-38-40-42-44-46-48-50-52-54-56-58-60-66(70)67-64(63-74-75(71,72)73-62-61-68(3,4)5)65(69)59-57-55-53-51-49-47-45-43-41-39-37-35-33-31-29-27-25-23-21-19-17-15-13-11-9-7-2/h8,10,14,16,20,22,26,28,32,34,57,59,64-65,69H,6-7,9,11-13,15,17-19,21,23-25,27,29-31,33,35-56,58,60-63H2,1-5H3,(H-,67,70,71,72)/b10-8-,16-14-,22-20-,28-26-,34-32-,59-57+. The zero-order valence-electron chi connectivity index (χ0n) is 50.0. The Labute approximate surface area is 465 Å². The summed E-state index contributed by atoms with van der Waals surface area (Å²) in [5.74, 6) is -0.200. The number of nitrogens with one attached hydrogen (secondary N) is 1. The maximum absolute atomic E-state index is 13.0. The third-order valence-electron chi connectivity index (χ3n) is 14.2. The SMILES string of the molecule is CC/C=C\C/C=C\C/C=C\C/C=C\C/C=C\CCCCCCCCCCCCCC(=O)NC(COP(=O)([O-])OCC[N+](C)(C)C)C(O)/C=C/CCCCCCCCCCCCCCCCCCCCCCCCCC. The number of rotatable bonds is 58. The molecule has 0 aliphatic carbocycles. The van der Waals surface area contributed by atoms with Gasteiger partial charge < -0.3 is 28.8 Å². The number of nitrogens with zero attached hydrogens (tertiary/aromatic N) is 1. The highest BCUT2D eigenvalue weighted by Crippen LogP contribution is 2.38. The average Bonchev–Trinajstić information content (AvgIpc) is 3.37. The average molecular weight is 1070 g/mol. The normalized spacial score (nSPS) is 14.3. The van der Waals surface area contributed by atoms with E-state index in [0.717, 1.165) is 70.6 Å². The highest BCUT2D eigenvalue weighted by atomic mass is 31.2. The van der Waals surface area contributed by atoms with Crippen LogP contribution in [0.25, 0.3) is 0 Å². The summed E-state index contributed by atoms with van der Waals surface area (Å²) in [6.45, 7) is 4.56. The number of unbranched alkanes of at least 4 members (excludes halogenated alkanes) is 35. The molecule has 3 atom stereocenters. The molecule has 0 heterocycles. The van der Waals surface area contributed by atoms with Crippen molar-refractivity contribution in [2.75, 3.05) is 40.9 Å². The number of carbonyl (C=O) groups is 1. The Bertz CT molecular complexity index is 1450. The first-order chi connectivity index (χ1) is 36.5. The van der Waals surface area contributed by atoms with Gasteiger partial charge in [0.15, 0.2) is 0 Å². The number of amides is 1. The first kappa shape index (κ1) is 72.9. The Morgan fingerprint density at radius 3 is 1.19 bits per heavy atom. The molecule has 0 rings (SSSR count). The predicted octanol–water partition coefficient (Wildman–Crippen LogP) is 19.2. The maximum atomic E-state index is 13.0. The summed E-state index contributed by atoms with van der Waals surface area (Å²) < 4.78 is 23.4. The summed E-state index contributed by atoms with van der Waals surface area (Å²) in [5.41, 5.74) is 0. The monoisotopic (exact) mass is 1070 g/mol. The number of carbonyl (C=O) groups excluding carboxylic acids is 1. The predicted molar refractivity (Wildman–Crippen MR) is 325 cm³/mol. The van der Waals surface area contributed by atoms with Crippen molar-refractivity contribution in [1.82, 2.24) is 5.32 Å². The largest absolute Gasteiger partial charge is 0.756 e. The van der Waals surface area contributed by atoms with E-state index in [9.17, 15) is 19.4 Å². The van der Waals surface area contributed by atoms with Crippen LogP contribution in [0.1, 0.15) is 290 Å². The van der Waals surface area contributed by atoms with Crippen molar-refractivity contribution in [2.24, 2.45) is 0 Å². The lowest BCUT2D eigenvalue weighted by Crippen LogP contribution is -2.45. The van der Waals surface area contributed by atoms with E-state index in [0.29, 0.717) is 17.4 Å². The molecule has 75 heavy (non-hydrogen) atoms. The van der Waals surface area contributed by atoms with Gasteiger partial charge in [0.1, 0.15) is 13.2 Å². The highest BCUT2D eigenvalue weighted by Gasteiger charge is 2.23. The molecule has 0 radical (unpaired) electrons. The lowest BCUT2D eigenvalue weighted by Gasteiger charge is -2.29. The molecule has 438 valence electrons. The van der Waals surface area contributed by atoms with Crippen LogP contribution in [-0.2, 0) is 18.4 Å². The van der Waals surface area contributed by atoms with E-state index < -0.39 is 20.0 Å². The van der Waals surface area contributed by atoms with Crippen LogP contribution < -0.4 is 10.2 Å². The second-order valence-corrected chi connectivity index (χ2v) is 24.1. The van der Waals surface area contributed by atoms with Gasteiger partial charge >= 0.3 is 0 Å². The molecule has 0 aromatic rings. The molecule has 3 unspecified atom stereocenters. The third kappa shape index (κ3) is 59.4. The molecule has 0 saturated carbocycles. The van der Waals surface area contributed by atoms with Crippen LogP contribution in [-0.4, -0.2) is 68.5 Å². The van der Waals surface area contributed by atoms with Crippen molar-refractivity contribution >= 4 is 13.7 Å². The third-order valence-corrected chi connectivity index (χ3v) is 15.1. The van der Waals surface area contributed by atoms with E-state index >= 15 is 0 Å². The zero-order chi connectivity index (χ0) is 54.9. The fourth-order valence-corrected chi connectivity index (χ4v) is 9.96. The second kappa shape index (κ2) is 56.7. The molecule has 0 saturated heterocycles. The number of likely N-dealkylation sites (N-methyl/N-ethyl adjacent to an activating group) is 1. The van der Waals surface area contributed by atoms with E-state index in [4.69, 9.17) is 9.05 Å². The number of hydrogen-bond acceptors (Lipinski definition) is 6. The van der Waals surface area contributed by atoms with Crippen LogP contribution >= 0.6 is 7.82 Å². The van der Waals surface area contributed by atoms with Crippen LogP contribution in [0.3, 0.4) is 0 Å². The molecular formula is C66H123N2O6P. The Morgan fingerprint density at radius 1 is 0.480 bits per heavy atom. The van der Waals surface area contributed by atoms with Gasteiger partial charge in [0.05, 0.1) is 39.9 Å². The minimum absolute atomic E-state index is 0.00364. The summed E-state index contributed by atoms with van der Waals surface area (Å²) in [6.07, 6.45) is 78.5. The number of aliphatic hydroxyl groups excluding tert-OH is 1. The molecule has 0 aliphatic heterocycles. The van der Waals surface area contributed by atoms with Gasteiger partial charge in [-0.3, -0.25) is 9.36 Å². The van der Waals surface area contributed by atoms with E-state index in [1.54, 1.807) is 6.08 Å². The molecule has 0 aliphatic rings. The van der Waals surface area contributed by atoms with Crippen LogP contribution in [0, 0.1) is 0 Å². The van der Waals surface area contributed by atoms with Gasteiger partial charge in [0, 0.05) is 6.42 Å². The van der Waals surface area contributed by atoms with Crippen molar-refractivity contribution in [3.8, 4) is 0 Å². The molecule has 0 aromatic heterocycles. The molecular weight excluding hydrogens is 948 g/mol. The van der Waals surface area contributed by atoms with Crippen molar-refractivity contribution in [3.63, 3.8) is 0 Å². The first-order valence-electron chi connectivity index (χ1n) is 31.8. The van der Waals surface area contributed by atoms with Gasteiger partial charge in [-0.05, 0) is 64.2 Å². The van der Waals surface area contributed by atoms with Gasteiger partial charge in [-0.15, -0.1) is 0 Å². The minimum atomic E-state index is -4.61. The highest BCUT2D eigenvalue weighted by molar-refractivity contribution is 7.45. The van der Waals surface area contributed by atoms with Crippen LogP contribution in [0.5, 0.6) is 0 Å². The first-order valence-corrected chi connectivity index (χ1v) is 33.3. The van der Waals surface area contributed by atoms with Gasteiger partial charge in [-0.2, -0.15) is 0 Å². The van der Waals surface area contributed by atoms with Crippen molar-refractivity contribution in [1.29, 1.82) is 0 Å². The van der Waals surface area contributed by atoms with Crippen molar-refractivity contribution < 1.29 is 32.9 Å². The van der Waals surface area contributed by atoms with E-state index in [-0.39, 0.29) is 19.1 Å². The van der Waals surface area contributed by atoms with Crippen LogP contribution in [0.15, 0.2) is 72.9 Å². The van der Waals surface area contributed by atoms with E-state index in [1.165, 1.54) is 199 Å². The lowest BCUT2D eigenvalue weighted by atomic mass is 10.0. The molecule has 1 amide bonds. The Hall–Kier alpha value is -2.06. The molecule has 9 heteroatoms. The second-order valence-electron chi connectivity index (χ2n) is 22.7. The Kier molecular flexibility index (Phi) is 55.1. The Balaban J connectivity index is 4.16. The smallest absolute Gasteiger partial charge is 0.268 e. The van der Waals surface area contributed by atoms with E-state index in [2.05, 4.69) is 79.9 Å². The summed E-state index contributed by atoms with van der Waals surface area (Å²) in [7, 11) is 1.26. The molecule has 8 nitrogen and oxygen atoms in total. The number of aliphatic hydroxyl groups is 1. The summed E-state index contributed by atoms with van der Waals surface area (Å²) >= 11 is 0. The topological polar surface area (TPSA) is 108 Å². The number of phosphoric acid groups is 1. The lowest BCUT2D eigenvalue weighted by molar-refractivity contribution is -0.870. The van der Waals surface area contributed by atoms with Crippen LogP contribution in [0.2, 0.25) is 0 Å². The van der Waals surface area contributed by atoms with Crippen molar-refractivity contribution in [3.05, 3.63) is 72.9 Å². The zero-order valence-corrected chi connectivity index (χ0v) is 50.9. The molecule has 0 spiro atoms. The number of quaternary nitrogens is 1. The number of allylic oxidation sites excluding steroid dienone is 11. The maximum Gasteiger partial charge on any atom is 0.268 e. The summed E-state index contributed by atoms with van der Waals surface area (Å²) in [5, 5.41) is 13.9. The van der Waals surface area contributed by atoms with Gasteiger partial charge in [-0.25, -0.2) is 0 Å². The minimum Gasteiger partial charge on any atom is -0.756 e. The number of phosphoric ester groups is 1. The van der Waals surface area contributed by atoms with E-state index in [1.807, 2.05) is 27.2 Å². The summed E-state index contributed by atoms with van der Waals surface area (Å²) in [4.78, 5) is 25.6. The summed E-state index contributed by atoms with van der Waals surface area (Å²) in [6, 6.07) is -0.893. The van der Waals surface area contributed by atoms with Crippen LogP contribution in [0.4, 0.5) is 0 Å². The van der Waals surface area contributed by atoms with Gasteiger partial charge in [0.25, 0.3) is 7.82 Å². The molecule has 2 N–H and O–H groups in total. The fraction of sp³-hybridized carbons (Fsp3) is 0.803.